The fourth-order valence-corrected chi connectivity index (χ4v) is 1.90. The van der Waals surface area contributed by atoms with Crippen molar-refractivity contribution in [3.63, 3.8) is 0 Å². The molecule has 2 atom stereocenters. The Morgan fingerprint density at radius 2 is 2.00 bits per heavy atom. The van der Waals surface area contributed by atoms with E-state index in [0.717, 1.165) is 6.42 Å². The molecule has 104 valence electrons. The third-order valence-corrected chi connectivity index (χ3v) is 3.07. The smallest absolute Gasteiger partial charge is 0.241 e. The van der Waals surface area contributed by atoms with Crippen molar-refractivity contribution in [3.8, 4) is 0 Å². The van der Waals surface area contributed by atoms with E-state index in [-0.39, 0.29) is 30.3 Å². The number of hydrogen-bond donors (Lipinski definition) is 1. The minimum atomic E-state index is -0.313. The summed E-state index contributed by atoms with van der Waals surface area (Å²) in [7, 11) is 3.36. The summed E-state index contributed by atoms with van der Waals surface area (Å²) >= 11 is 0. The summed E-state index contributed by atoms with van der Waals surface area (Å²) in [5.41, 5.74) is 5.84. The lowest BCUT2D eigenvalue weighted by Gasteiger charge is -2.26. The molecule has 1 saturated heterocycles. The largest absolute Gasteiger partial charge is 0.379 e. The van der Waals surface area contributed by atoms with E-state index in [2.05, 4.69) is 0 Å². The number of ether oxygens (including phenoxy) is 1. The Kier molecular flexibility index (Phi) is 5.55. The van der Waals surface area contributed by atoms with Crippen LogP contribution in [0.5, 0.6) is 0 Å². The normalized spacial score (nSPS) is 22.9. The van der Waals surface area contributed by atoms with Gasteiger partial charge < -0.3 is 20.3 Å². The third kappa shape index (κ3) is 3.68. The molecule has 0 aromatic carbocycles. The summed E-state index contributed by atoms with van der Waals surface area (Å²) in [6.07, 6.45) is 0.815. The first-order valence-electron chi connectivity index (χ1n) is 6.29. The Bertz CT molecular complexity index is 307. The van der Waals surface area contributed by atoms with E-state index in [0.29, 0.717) is 19.8 Å². The molecule has 0 radical (unpaired) electrons. The van der Waals surface area contributed by atoms with E-state index >= 15 is 0 Å². The molecule has 6 nitrogen and oxygen atoms in total. The molecule has 0 aromatic rings. The fraction of sp³-hybridized carbons (Fsp3) is 0.833. The van der Waals surface area contributed by atoms with E-state index < -0.39 is 0 Å². The molecule has 2 unspecified atom stereocenters. The van der Waals surface area contributed by atoms with Crippen molar-refractivity contribution in [2.24, 2.45) is 11.7 Å². The lowest BCUT2D eigenvalue weighted by molar-refractivity contribution is -0.142. The molecule has 0 aliphatic carbocycles. The van der Waals surface area contributed by atoms with Crippen molar-refractivity contribution in [1.29, 1.82) is 0 Å². The Labute approximate surface area is 108 Å². The first-order chi connectivity index (χ1) is 8.47. The van der Waals surface area contributed by atoms with Crippen molar-refractivity contribution in [1.82, 2.24) is 9.80 Å². The van der Waals surface area contributed by atoms with Gasteiger partial charge in [-0.2, -0.15) is 0 Å². The predicted octanol–water partition coefficient (Wildman–Crippen LogP) is -0.713. The molecule has 0 spiro atoms. The van der Waals surface area contributed by atoms with E-state index in [1.165, 1.54) is 4.90 Å². The summed E-state index contributed by atoms with van der Waals surface area (Å²) in [6, 6.07) is -0.258. The summed E-state index contributed by atoms with van der Waals surface area (Å²) in [6.45, 7) is 3.43. The number of hydrogen-bond acceptors (Lipinski definition) is 4. The van der Waals surface area contributed by atoms with Crippen LogP contribution in [0.3, 0.4) is 0 Å². The SMILES string of the molecule is CCCN(CC(=O)N(C)C)C(=O)C1COCC1N. The van der Waals surface area contributed by atoms with E-state index in [1.807, 2.05) is 6.92 Å². The van der Waals surface area contributed by atoms with Gasteiger partial charge in [0.1, 0.15) is 0 Å². The summed E-state index contributed by atoms with van der Waals surface area (Å²) in [5, 5.41) is 0. The van der Waals surface area contributed by atoms with Crippen LogP contribution in [0.4, 0.5) is 0 Å². The highest BCUT2D eigenvalue weighted by Crippen LogP contribution is 2.15. The maximum absolute atomic E-state index is 12.3. The predicted molar refractivity (Wildman–Crippen MR) is 67.8 cm³/mol. The molecule has 0 saturated carbocycles. The highest BCUT2D eigenvalue weighted by Gasteiger charge is 2.34. The van der Waals surface area contributed by atoms with E-state index in [9.17, 15) is 9.59 Å². The van der Waals surface area contributed by atoms with E-state index in [4.69, 9.17) is 10.5 Å². The number of likely N-dealkylation sites (N-methyl/N-ethyl adjacent to an activating group) is 1. The van der Waals surface area contributed by atoms with Gasteiger partial charge in [-0.25, -0.2) is 0 Å². The van der Waals surface area contributed by atoms with Gasteiger partial charge in [0.25, 0.3) is 0 Å². The molecule has 1 heterocycles. The first-order valence-corrected chi connectivity index (χ1v) is 6.29. The number of carbonyl (C=O) groups is 2. The van der Waals surface area contributed by atoms with Crippen LogP contribution in [-0.2, 0) is 14.3 Å². The van der Waals surface area contributed by atoms with Crippen LogP contribution in [0.2, 0.25) is 0 Å². The van der Waals surface area contributed by atoms with Gasteiger partial charge in [-0.05, 0) is 6.42 Å². The average Bonchev–Trinajstić information content (AvgIpc) is 2.73. The second-order valence-electron chi connectivity index (χ2n) is 4.86. The summed E-state index contributed by atoms with van der Waals surface area (Å²) in [4.78, 5) is 27.1. The van der Waals surface area contributed by atoms with E-state index in [1.54, 1.807) is 19.0 Å². The number of nitrogens with zero attached hydrogens (tertiary/aromatic N) is 2. The van der Waals surface area contributed by atoms with Gasteiger partial charge in [0.05, 0.1) is 25.7 Å². The topological polar surface area (TPSA) is 75.9 Å². The van der Waals surface area contributed by atoms with Crippen molar-refractivity contribution in [3.05, 3.63) is 0 Å². The Morgan fingerprint density at radius 1 is 1.33 bits per heavy atom. The molecule has 0 bridgehead atoms. The van der Waals surface area contributed by atoms with Crippen LogP contribution in [0.15, 0.2) is 0 Å². The zero-order valence-electron chi connectivity index (χ0n) is 11.4. The van der Waals surface area contributed by atoms with Gasteiger partial charge >= 0.3 is 0 Å². The second kappa shape index (κ2) is 6.70. The average molecular weight is 257 g/mol. The number of carbonyl (C=O) groups excluding carboxylic acids is 2. The van der Waals surface area contributed by atoms with Gasteiger partial charge in [0.15, 0.2) is 0 Å². The molecule has 0 aromatic heterocycles. The zero-order chi connectivity index (χ0) is 13.7. The highest BCUT2D eigenvalue weighted by atomic mass is 16.5. The molecule has 1 aliphatic heterocycles. The molecule has 1 aliphatic rings. The molecular formula is C12H23N3O3. The second-order valence-corrected chi connectivity index (χ2v) is 4.86. The molecular weight excluding hydrogens is 234 g/mol. The maximum atomic E-state index is 12.3. The Morgan fingerprint density at radius 3 is 2.44 bits per heavy atom. The quantitative estimate of drug-likeness (QED) is 0.706. The van der Waals surface area contributed by atoms with Crippen LogP contribution in [0, 0.1) is 5.92 Å². The van der Waals surface area contributed by atoms with Gasteiger partial charge in [-0.3, -0.25) is 9.59 Å². The molecule has 6 heteroatoms. The van der Waals surface area contributed by atoms with Crippen molar-refractivity contribution in [2.75, 3.05) is 40.4 Å². The highest BCUT2D eigenvalue weighted by molar-refractivity contribution is 5.86. The van der Waals surface area contributed by atoms with Gasteiger partial charge in [-0.1, -0.05) is 6.92 Å². The lowest BCUT2D eigenvalue weighted by atomic mass is 10.0. The van der Waals surface area contributed by atoms with Crippen LogP contribution in [-0.4, -0.2) is 68.1 Å². The van der Waals surface area contributed by atoms with Gasteiger partial charge in [0.2, 0.25) is 11.8 Å². The minimum Gasteiger partial charge on any atom is -0.379 e. The number of rotatable bonds is 5. The lowest BCUT2D eigenvalue weighted by Crippen LogP contribution is -2.47. The number of nitrogens with two attached hydrogens (primary N) is 1. The first kappa shape index (κ1) is 14.9. The third-order valence-electron chi connectivity index (χ3n) is 3.07. The van der Waals surface area contributed by atoms with Crippen LogP contribution in [0.1, 0.15) is 13.3 Å². The van der Waals surface area contributed by atoms with Crippen LogP contribution >= 0.6 is 0 Å². The maximum Gasteiger partial charge on any atom is 0.241 e. The molecule has 2 amide bonds. The van der Waals surface area contributed by atoms with Crippen LogP contribution < -0.4 is 5.73 Å². The summed E-state index contributed by atoms with van der Waals surface area (Å²) in [5.74, 6) is -0.465. The van der Waals surface area contributed by atoms with Crippen molar-refractivity contribution < 1.29 is 14.3 Å². The van der Waals surface area contributed by atoms with Gasteiger partial charge in [-0.15, -0.1) is 0 Å². The number of amides is 2. The minimum absolute atomic E-state index is 0.0722. The van der Waals surface area contributed by atoms with Crippen molar-refractivity contribution in [2.45, 2.75) is 19.4 Å². The molecule has 18 heavy (non-hydrogen) atoms. The van der Waals surface area contributed by atoms with Crippen LogP contribution in [0.25, 0.3) is 0 Å². The Balaban J connectivity index is 2.65. The summed E-state index contributed by atoms with van der Waals surface area (Å²) < 4.78 is 5.20. The standard InChI is InChI=1S/C12H23N3O3/c1-4-5-15(6-11(16)14(2)3)12(17)9-7-18-8-10(9)13/h9-10H,4-8,13H2,1-3H3. The van der Waals surface area contributed by atoms with Gasteiger partial charge in [0, 0.05) is 26.7 Å². The zero-order valence-corrected chi connectivity index (χ0v) is 11.4. The monoisotopic (exact) mass is 257 g/mol. The van der Waals surface area contributed by atoms with Crippen molar-refractivity contribution >= 4 is 11.8 Å². The fourth-order valence-electron chi connectivity index (χ4n) is 1.90. The Hall–Kier alpha value is -1.14. The molecule has 2 N–H and O–H groups in total. The molecule has 1 fully saturated rings. The molecule has 1 rings (SSSR count).